The van der Waals surface area contributed by atoms with E-state index in [1.165, 1.54) is 27.7 Å². The molecule has 0 radical (unpaired) electrons. The lowest BCUT2D eigenvalue weighted by Gasteiger charge is -2.44. The first-order chi connectivity index (χ1) is 23.9. The van der Waals surface area contributed by atoms with Crippen molar-refractivity contribution < 1.29 is 4.39 Å². The van der Waals surface area contributed by atoms with Gasteiger partial charge < -0.3 is 0 Å². The standard InChI is InChI=1S/C45H50BFN4/c1-27-12-18-36-33(22-27)46-34-23-29(43(5,6)7)15-19-37(34)51(38-25-32-31(24-35(38)47)44(8,9)20-21-45(32,10)11)41-39(46)40(48-26-49-41)50(36)30-16-13-28(14-17-30)42(2,3)4/h12-19,22-26H,20-21H2,1-11H3. The van der Waals surface area contributed by atoms with Gasteiger partial charge in [0.25, 0.3) is 6.71 Å². The highest BCUT2D eigenvalue weighted by Crippen LogP contribution is 2.50. The zero-order valence-electron chi connectivity index (χ0n) is 32.2. The zero-order valence-corrected chi connectivity index (χ0v) is 32.2. The Hall–Kier alpha value is -4.45. The molecule has 0 unspecified atom stereocenters. The summed E-state index contributed by atoms with van der Waals surface area (Å²) in [5.74, 6) is 1.34. The third-order valence-electron chi connectivity index (χ3n) is 11.9. The first-order valence-electron chi connectivity index (χ1n) is 18.5. The lowest BCUT2D eigenvalue weighted by atomic mass is 9.34. The summed E-state index contributed by atoms with van der Waals surface area (Å²) in [6.07, 6.45) is 3.74. The van der Waals surface area contributed by atoms with Crippen LogP contribution in [0.1, 0.15) is 110 Å². The number of aryl methyl sites for hydroxylation is 1. The van der Waals surface area contributed by atoms with Crippen LogP contribution in [0, 0.1) is 12.7 Å². The largest absolute Gasteiger partial charge is 0.296 e. The molecule has 51 heavy (non-hydrogen) atoms. The van der Waals surface area contributed by atoms with Crippen LogP contribution in [-0.2, 0) is 21.7 Å². The van der Waals surface area contributed by atoms with Gasteiger partial charge in [-0.2, -0.15) is 0 Å². The Morgan fingerprint density at radius 3 is 1.78 bits per heavy atom. The van der Waals surface area contributed by atoms with Crippen LogP contribution < -0.4 is 26.2 Å². The summed E-state index contributed by atoms with van der Waals surface area (Å²) in [6.45, 7) is 24.6. The molecule has 2 aliphatic heterocycles. The molecule has 3 heterocycles. The molecule has 5 aromatic rings. The van der Waals surface area contributed by atoms with Crippen molar-refractivity contribution in [2.24, 2.45) is 0 Å². The second-order valence-electron chi connectivity index (χ2n) is 18.5. The van der Waals surface area contributed by atoms with E-state index in [1.807, 2.05) is 6.07 Å². The molecule has 260 valence electrons. The average Bonchev–Trinajstić information content (AvgIpc) is 3.06. The number of anilines is 6. The molecule has 0 fully saturated rings. The number of halogens is 1. The summed E-state index contributed by atoms with van der Waals surface area (Å²) in [6, 6.07) is 26.3. The number of rotatable bonds is 2. The smallest absolute Gasteiger partial charge is 0.256 e. The Labute approximate surface area is 304 Å². The molecule has 0 bridgehead atoms. The molecular weight excluding hydrogens is 626 g/mol. The number of benzene rings is 4. The van der Waals surface area contributed by atoms with Crippen LogP contribution in [0.5, 0.6) is 0 Å². The number of nitrogens with zero attached hydrogens (tertiary/aromatic N) is 4. The van der Waals surface area contributed by atoms with E-state index in [9.17, 15) is 0 Å². The van der Waals surface area contributed by atoms with E-state index in [4.69, 9.17) is 9.97 Å². The summed E-state index contributed by atoms with van der Waals surface area (Å²) < 4.78 is 17.0. The summed E-state index contributed by atoms with van der Waals surface area (Å²) in [5, 5.41) is 0. The molecule has 8 rings (SSSR count). The maximum Gasteiger partial charge on any atom is 0.256 e. The number of fused-ring (bicyclic) bond motifs is 5. The predicted molar refractivity (Wildman–Crippen MR) is 213 cm³/mol. The van der Waals surface area contributed by atoms with Crippen LogP contribution in [0.4, 0.5) is 38.8 Å². The molecule has 1 aliphatic carbocycles. The number of aromatic nitrogens is 2. The van der Waals surface area contributed by atoms with E-state index in [2.05, 4.69) is 153 Å². The summed E-state index contributed by atoms with van der Waals surface area (Å²) in [4.78, 5) is 14.5. The van der Waals surface area contributed by atoms with Gasteiger partial charge in [-0.05, 0) is 111 Å². The monoisotopic (exact) mass is 676 g/mol. The Kier molecular flexibility index (Phi) is 7.28. The minimum absolute atomic E-state index is 0.0341. The Morgan fingerprint density at radius 2 is 1.16 bits per heavy atom. The fourth-order valence-corrected chi connectivity index (χ4v) is 8.63. The SMILES string of the molecule is Cc1ccc2c(c1)B1c3cc(C(C)(C)C)ccc3N(c3cc4c(cc3F)C(C)(C)CCC4(C)C)c3ncnc(c31)N2c1ccc(C(C)(C)C)cc1. The topological polar surface area (TPSA) is 32.3 Å². The molecule has 0 saturated heterocycles. The Bertz CT molecular complexity index is 2220. The number of hydrogen-bond acceptors (Lipinski definition) is 4. The normalized spacial score (nSPS) is 17.1. The minimum Gasteiger partial charge on any atom is -0.296 e. The van der Waals surface area contributed by atoms with Crippen molar-refractivity contribution in [1.29, 1.82) is 0 Å². The van der Waals surface area contributed by atoms with Gasteiger partial charge in [0, 0.05) is 22.5 Å². The predicted octanol–water partition coefficient (Wildman–Crippen LogP) is 9.95. The van der Waals surface area contributed by atoms with E-state index in [0.717, 1.165) is 58.0 Å². The van der Waals surface area contributed by atoms with Crippen molar-refractivity contribution in [2.45, 2.75) is 111 Å². The molecule has 0 N–H and O–H groups in total. The second kappa shape index (κ2) is 11.0. The highest BCUT2D eigenvalue weighted by atomic mass is 19.1. The molecular formula is C45H50BFN4. The van der Waals surface area contributed by atoms with Gasteiger partial charge in [0.05, 0.1) is 5.69 Å². The molecule has 3 aliphatic rings. The minimum atomic E-state index is -0.224. The maximum atomic E-state index is 17.0. The van der Waals surface area contributed by atoms with Crippen molar-refractivity contribution in [2.75, 3.05) is 9.80 Å². The van der Waals surface area contributed by atoms with E-state index in [-0.39, 0.29) is 34.2 Å². The Balaban J connectivity index is 1.44. The van der Waals surface area contributed by atoms with Gasteiger partial charge in [-0.3, -0.25) is 9.80 Å². The highest BCUT2D eigenvalue weighted by molar-refractivity contribution is 7.00. The molecule has 0 spiro atoms. The lowest BCUT2D eigenvalue weighted by Crippen LogP contribution is -2.62. The van der Waals surface area contributed by atoms with Gasteiger partial charge in [0.2, 0.25) is 0 Å². The molecule has 4 nitrogen and oxygen atoms in total. The molecule has 6 heteroatoms. The third-order valence-corrected chi connectivity index (χ3v) is 11.9. The van der Waals surface area contributed by atoms with E-state index < -0.39 is 0 Å². The summed E-state index contributed by atoms with van der Waals surface area (Å²) in [7, 11) is 0. The van der Waals surface area contributed by atoms with Crippen LogP contribution in [0.2, 0.25) is 0 Å². The quantitative estimate of drug-likeness (QED) is 0.171. The van der Waals surface area contributed by atoms with Gasteiger partial charge in [-0.1, -0.05) is 111 Å². The number of hydrogen-bond donors (Lipinski definition) is 0. The van der Waals surface area contributed by atoms with Gasteiger partial charge >= 0.3 is 0 Å². The maximum absolute atomic E-state index is 17.0. The van der Waals surface area contributed by atoms with Crippen molar-refractivity contribution in [3.63, 3.8) is 0 Å². The van der Waals surface area contributed by atoms with Crippen LogP contribution >= 0.6 is 0 Å². The van der Waals surface area contributed by atoms with E-state index in [1.54, 1.807) is 6.33 Å². The average molecular weight is 677 g/mol. The summed E-state index contributed by atoms with van der Waals surface area (Å²) >= 11 is 0. The van der Waals surface area contributed by atoms with Crippen LogP contribution in [-0.4, -0.2) is 16.7 Å². The lowest BCUT2D eigenvalue weighted by molar-refractivity contribution is 0.330. The van der Waals surface area contributed by atoms with Crippen molar-refractivity contribution >= 4 is 57.5 Å². The van der Waals surface area contributed by atoms with Gasteiger partial charge in [0.1, 0.15) is 23.8 Å². The van der Waals surface area contributed by atoms with Crippen molar-refractivity contribution in [3.05, 3.63) is 113 Å². The van der Waals surface area contributed by atoms with Crippen LogP contribution in [0.25, 0.3) is 0 Å². The molecule has 0 amide bonds. The van der Waals surface area contributed by atoms with Gasteiger partial charge in [-0.25, -0.2) is 14.4 Å². The third kappa shape index (κ3) is 5.23. The van der Waals surface area contributed by atoms with Gasteiger partial charge in [0.15, 0.2) is 0 Å². The Morgan fingerprint density at radius 1 is 0.627 bits per heavy atom. The second-order valence-corrected chi connectivity index (χ2v) is 18.5. The molecule has 1 aromatic heterocycles. The van der Waals surface area contributed by atoms with Crippen LogP contribution in [0.15, 0.2) is 79.1 Å². The molecule has 0 saturated carbocycles. The van der Waals surface area contributed by atoms with Gasteiger partial charge in [-0.15, -0.1) is 0 Å². The first-order valence-corrected chi connectivity index (χ1v) is 18.5. The molecule has 4 aromatic carbocycles. The van der Waals surface area contributed by atoms with E-state index in [0.29, 0.717) is 5.69 Å². The summed E-state index contributed by atoms with van der Waals surface area (Å²) in [5.41, 5.74) is 12.8. The fourth-order valence-electron chi connectivity index (χ4n) is 8.63. The zero-order chi connectivity index (χ0) is 36.4. The fraction of sp³-hybridized carbons (Fsp3) is 0.378. The first kappa shape index (κ1) is 33.7. The molecule has 0 atom stereocenters. The van der Waals surface area contributed by atoms with Crippen LogP contribution in [0.3, 0.4) is 0 Å². The highest BCUT2D eigenvalue weighted by Gasteiger charge is 2.46. The van der Waals surface area contributed by atoms with Crippen molar-refractivity contribution in [3.8, 4) is 0 Å². The van der Waals surface area contributed by atoms with Crippen molar-refractivity contribution in [1.82, 2.24) is 9.97 Å². The van der Waals surface area contributed by atoms with E-state index >= 15 is 4.39 Å².